The number of nitrogens with one attached hydrogen (secondary N) is 1. The van der Waals surface area contributed by atoms with E-state index in [2.05, 4.69) is 40.1 Å². The summed E-state index contributed by atoms with van der Waals surface area (Å²) in [5.74, 6) is 1.51. The molecule has 0 spiro atoms. The van der Waals surface area contributed by atoms with E-state index in [1.807, 2.05) is 18.2 Å². The number of nitriles is 1. The topological polar surface area (TPSA) is 64.8 Å². The Hall–Kier alpha value is -2.61. The van der Waals surface area contributed by atoms with Crippen molar-refractivity contribution in [3.63, 3.8) is 0 Å². The first-order chi connectivity index (χ1) is 10.8. The van der Waals surface area contributed by atoms with E-state index in [1.165, 1.54) is 0 Å². The van der Waals surface area contributed by atoms with Gasteiger partial charge < -0.3 is 10.2 Å². The van der Waals surface area contributed by atoms with Crippen LogP contribution in [0.3, 0.4) is 0 Å². The van der Waals surface area contributed by atoms with E-state index in [-0.39, 0.29) is 0 Å². The third-order valence-corrected chi connectivity index (χ3v) is 3.20. The molecule has 1 heterocycles. The fourth-order valence-corrected chi connectivity index (χ4v) is 2.20. The van der Waals surface area contributed by atoms with E-state index in [0.29, 0.717) is 5.56 Å². The molecule has 2 rings (SSSR count). The summed E-state index contributed by atoms with van der Waals surface area (Å²) in [4.78, 5) is 11.2. The second-order valence-corrected chi connectivity index (χ2v) is 5.04. The van der Waals surface area contributed by atoms with Crippen molar-refractivity contribution >= 4 is 17.5 Å². The quantitative estimate of drug-likeness (QED) is 0.843. The Balaban J connectivity index is 2.14. The highest BCUT2D eigenvalue weighted by Gasteiger charge is 2.08. The van der Waals surface area contributed by atoms with Crippen LogP contribution in [0.1, 0.15) is 32.3 Å². The minimum atomic E-state index is 0.644. The molecule has 5 nitrogen and oxygen atoms in total. The van der Waals surface area contributed by atoms with Gasteiger partial charge in [-0.15, -0.1) is 0 Å². The van der Waals surface area contributed by atoms with Crippen molar-refractivity contribution in [2.75, 3.05) is 23.3 Å². The standard InChI is InChI=1S/C17H21N5/c1-3-11-22(12-4-2)17-19-10-9-16(21-17)20-15-7-5-14(13-18)6-8-15/h5-10H,3-4,11-12H2,1-2H3,(H,19,20,21). The molecule has 0 aliphatic heterocycles. The van der Waals surface area contributed by atoms with Crippen molar-refractivity contribution < 1.29 is 0 Å². The van der Waals surface area contributed by atoms with Crippen LogP contribution < -0.4 is 10.2 Å². The van der Waals surface area contributed by atoms with Gasteiger partial charge in [0.2, 0.25) is 5.95 Å². The van der Waals surface area contributed by atoms with E-state index in [1.54, 1.807) is 18.3 Å². The van der Waals surface area contributed by atoms with Crippen LogP contribution in [0.25, 0.3) is 0 Å². The summed E-state index contributed by atoms with van der Waals surface area (Å²) in [6, 6.07) is 11.3. The second-order valence-electron chi connectivity index (χ2n) is 5.04. The zero-order valence-corrected chi connectivity index (χ0v) is 13.1. The molecule has 0 radical (unpaired) electrons. The third kappa shape index (κ3) is 4.19. The van der Waals surface area contributed by atoms with Gasteiger partial charge in [-0.3, -0.25) is 0 Å². The molecule has 22 heavy (non-hydrogen) atoms. The summed E-state index contributed by atoms with van der Waals surface area (Å²) in [7, 11) is 0. The molecule has 114 valence electrons. The van der Waals surface area contributed by atoms with E-state index >= 15 is 0 Å². The molecule has 0 bridgehead atoms. The third-order valence-electron chi connectivity index (χ3n) is 3.20. The number of rotatable bonds is 7. The lowest BCUT2D eigenvalue weighted by Crippen LogP contribution is -2.26. The molecule has 0 atom stereocenters. The van der Waals surface area contributed by atoms with Crippen LogP contribution in [0, 0.1) is 11.3 Å². The second kappa shape index (κ2) is 7.99. The molecule has 1 N–H and O–H groups in total. The maximum Gasteiger partial charge on any atom is 0.227 e. The Morgan fingerprint density at radius 3 is 2.36 bits per heavy atom. The predicted octanol–water partition coefficient (Wildman–Crippen LogP) is 3.72. The molecule has 0 aliphatic rings. The molecule has 0 saturated heterocycles. The minimum Gasteiger partial charge on any atom is -0.341 e. The molecule has 0 amide bonds. The Morgan fingerprint density at radius 2 is 1.77 bits per heavy atom. The van der Waals surface area contributed by atoms with Gasteiger partial charge in [-0.2, -0.15) is 10.2 Å². The Kier molecular flexibility index (Phi) is 5.73. The maximum atomic E-state index is 8.82. The maximum absolute atomic E-state index is 8.82. The summed E-state index contributed by atoms with van der Waals surface area (Å²) < 4.78 is 0. The van der Waals surface area contributed by atoms with Gasteiger partial charge in [0.15, 0.2) is 0 Å². The summed E-state index contributed by atoms with van der Waals surface area (Å²) >= 11 is 0. The SMILES string of the molecule is CCCN(CCC)c1nccc(Nc2ccc(C#N)cc2)n1. The Morgan fingerprint density at radius 1 is 1.09 bits per heavy atom. The van der Waals surface area contributed by atoms with E-state index in [4.69, 9.17) is 5.26 Å². The average Bonchev–Trinajstić information content (AvgIpc) is 2.56. The van der Waals surface area contributed by atoms with Crippen LogP contribution in [0.15, 0.2) is 36.5 Å². The van der Waals surface area contributed by atoms with Crippen LogP contribution in [0.4, 0.5) is 17.5 Å². The van der Waals surface area contributed by atoms with Gasteiger partial charge in [-0.05, 0) is 43.2 Å². The largest absolute Gasteiger partial charge is 0.341 e. The normalized spacial score (nSPS) is 10.0. The highest BCUT2D eigenvalue weighted by molar-refractivity contribution is 5.58. The lowest BCUT2D eigenvalue weighted by molar-refractivity contribution is 0.722. The fraction of sp³-hybridized carbons (Fsp3) is 0.353. The van der Waals surface area contributed by atoms with Crippen molar-refractivity contribution in [2.45, 2.75) is 26.7 Å². The summed E-state index contributed by atoms with van der Waals surface area (Å²) in [5.41, 5.74) is 1.55. The number of hydrogen-bond donors (Lipinski definition) is 1. The zero-order chi connectivity index (χ0) is 15.8. The first-order valence-electron chi connectivity index (χ1n) is 7.62. The van der Waals surface area contributed by atoms with Gasteiger partial charge in [-0.25, -0.2) is 4.98 Å². The lowest BCUT2D eigenvalue weighted by atomic mass is 10.2. The first-order valence-corrected chi connectivity index (χ1v) is 7.62. The summed E-state index contributed by atoms with van der Waals surface area (Å²) in [6.45, 7) is 6.21. The van der Waals surface area contributed by atoms with E-state index < -0.39 is 0 Å². The van der Waals surface area contributed by atoms with E-state index in [0.717, 1.165) is 43.4 Å². The molecule has 0 unspecified atom stereocenters. The number of nitrogens with zero attached hydrogens (tertiary/aromatic N) is 4. The molecule has 0 fully saturated rings. The molecule has 2 aromatic rings. The highest BCUT2D eigenvalue weighted by atomic mass is 15.3. The summed E-state index contributed by atoms with van der Waals surface area (Å²) in [6.07, 6.45) is 3.90. The number of benzene rings is 1. The molecule has 1 aromatic carbocycles. The van der Waals surface area contributed by atoms with Crippen molar-refractivity contribution in [1.82, 2.24) is 9.97 Å². The average molecular weight is 295 g/mol. The van der Waals surface area contributed by atoms with Crippen molar-refractivity contribution in [3.8, 4) is 6.07 Å². The molecule has 1 aromatic heterocycles. The Bertz CT molecular complexity index is 624. The van der Waals surface area contributed by atoms with Crippen molar-refractivity contribution in [2.24, 2.45) is 0 Å². The van der Waals surface area contributed by atoms with Crippen LogP contribution in [0.5, 0.6) is 0 Å². The monoisotopic (exact) mass is 295 g/mol. The molecular formula is C17H21N5. The van der Waals surface area contributed by atoms with Crippen LogP contribution in [-0.2, 0) is 0 Å². The molecular weight excluding hydrogens is 274 g/mol. The van der Waals surface area contributed by atoms with E-state index in [9.17, 15) is 0 Å². The smallest absolute Gasteiger partial charge is 0.227 e. The molecule has 0 saturated carbocycles. The fourth-order valence-electron chi connectivity index (χ4n) is 2.20. The lowest BCUT2D eigenvalue weighted by Gasteiger charge is -2.21. The van der Waals surface area contributed by atoms with Crippen molar-refractivity contribution in [1.29, 1.82) is 5.26 Å². The molecule has 5 heteroatoms. The van der Waals surface area contributed by atoms with Crippen LogP contribution in [-0.4, -0.2) is 23.1 Å². The zero-order valence-electron chi connectivity index (χ0n) is 13.1. The Labute approximate surface area is 131 Å². The van der Waals surface area contributed by atoms with Gasteiger partial charge >= 0.3 is 0 Å². The van der Waals surface area contributed by atoms with Gasteiger partial charge in [0.05, 0.1) is 11.6 Å². The number of aromatic nitrogens is 2. The number of anilines is 3. The van der Waals surface area contributed by atoms with Crippen LogP contribution in [0.2, 0.25) is 0 Å². The molecule has 0 aliphatic carbocycles. The van der Waals surface area contributed by atoms with Gasteiger partial charge in [-0.1, -0.05) is 13.8 Å². The van der Waals surface area contributed by atoms with Crippen molar-refractivity contribution in [3.05, 3.63) is 42.1 Å². The number of hydrogen-bond acceptors (Lipinski definition) is 5. The van der Waals surface area contributed by atoms with Gasteiger partial charge in [0, 0.05) is 25.0 Å². The highest BCUT2D eigenvalue weighted by Crippen LogP contribution is 2.17. The first kappa shape index (κ1) is 15.8. The summed E-state index contributed by atoms with van der Waals surface area (Å²) in [5, 5.41) is 12.1. The minimum absolute atomic E-state index is 0.644. The predicted molar refractivity (Wildman–Crippen MR) is 89.3 cm³/mol. The van der Waals surface area contributed by atoms with Gasteiger partial charge in [0.1, 0.15) is 5.82 Å². The van der Waals surface area contributed by atoms with Gasteiger partial charge in [0.25, 0.3) is 0 Å². The van der Waals surface area contributed by atoms with Crippen LogP contribution >= 0.6 is 0 Å².